The van der Waals surface area contributed by atoms with Crippen LogP contribution in [0.15, 0.2) is 46.6 Å². The van der Waals surface area contributed by atoms with Crippen molar-refractivity contribution in [2.45, 2.75) is 50.4 Å². The number of carboxylic acid groups (broad SMARTS) is 2. The zero-order valence-corrected chi connectivity index (χ0v) is 32.2. The molecule has 6 N–H and O–H groups in total. The number of benzene rings is 2. The molecule has 0 aliphatic carbocycles. The van der Waals surface area contributed by atoms with Gasteiger partial charge in [0.1, 0.15) is 29.3 Å². The van der Waals surface area contributed by atoms with E-state index in [1.807, 2.05) is 41.5 Å². The van der Waals surface area contributed by atoms with Crippen LogP contribution in [0.2, 0.25) is 0 Å². The highest BCUT2D eigenvalue weighted by Gasteiger charge is 2.42. The average Bonchev–Trinajstić information content (AvgIpc) is 3.78. The number of fused-ring (bicyclic) bond motifs is 1. The standard InChI is InChI=1S/C31H37N5O6S2.2C2HF3O2/c1-20-33-24(18-43-20)29(39)36-12-14-42-31(19-36)7-9-35(10-8-31)11-13-41-22-4-2-3-21(15-22)16-32-17-26(38)23-5-6-25(37)27-28(23)44-30(40)34-27;2*3-2(4,5)1(6)7/h2-6,15,18,26,32,37-38H,7-14,16-17,19H2,1H3,(H,34,40);2*(H,6,7)/t26-;;/m0../s1. The minimum absolute atomic E-state index is 0.00342. The van der Waals surface area contributed by atoms with Crippen LogP contribution in [0.5, 0.6) is 11.5 Å². The van der Waals surface area contributed by atoms with Crippen molar-refractivity contribution < 1.29 is 70.6 Å². The molecule has 2 aromatic carbocycles. The lowest BCUT2D eigenvalue weighted by molar-refractivity contribution is -0.193. The molecule has 0 unspecified atom stereocenters. The summed E-state index contributed by atoms with van der Waals surface area (Å²) in [5, 5.41) is 41.0. The number of carboxylic acids is 2. The number of morpholine rings is 1. The van der Waals surface area contributed by atoms with E-state index in [1.54, 1.807) is 6.07 Å². The lowest BCUT2D eigenvalue weighted by atomic mass is 9.89. The summed E-state index contributed by atoms with van der Waals surface area (Å²) in [5.74, 6) is -4.74. The van der Waals surface area contributed by atoms with E-state index < -0.39 is 30.4 Å². The second-order valence-electron chi connectivity index (χ2n) is 13.0. The van der Waals surface area contributed by atoms with Crippen molar-refractivity contribution in [2.75, 3.05) is 52.5 Å². The zero-order chi connectivity index (χ0) is 42.8. The number of halogens is 6. The molecule has 0 bridgehead atoms. The predicted molar refractivity (Wildman–Crippen MR) is 197 cm³/mol. The molecule has 23 heteroatoms. The summed E-state index contributed by atoms with van der Waals surface area (Å²) in [7, 11) is 0. The van der Waals surface area contributed by atoms with Crippen molar-refractivity contribution in [1.82, 2.24) is 25.1 Å². The fourth-order valence-electron chi connectivity index (χ4n) is 5.93. The largest absolute Gasteiger partial charge is 0.506 e. The van der Waals surface area contributed by atoms with Gasteiger partial charge in [-0.25, -0.2) is 14.6 Å². The molecule has 2 aliphatic rings. The number of nitrogens with zero attached hydrogens (tertiary/aromatic N) is 3. The van der Waals surface area contributed by atoms with Crippen molar-refractivity contribution in [3.8, 4) is 11.5 Å². The Labute approximate surface area is 333 Å². The molecule has 2 aliphatic heterocycles. The first-order valence-electron chi connectivity index (χ1n) is 17.3. The third-order valence-electron chi connectivity index (χ3n) is 8.81. The van der Waals surface area contributed by atoms with Gasteiger partial charge in [-0.15, -0.1) is 11.3 Å². The van der Waals surface area contributed by atoms with Crippen LogP contribution in [0.3, 0.4) is 0 Å². The van der Waals surface area contributed by atoms with Gasteiger partial charge < -0.3 is 45.1 Å². The number of aliphatic hydroxyl groups excluding tert-OH is 1. The molecule has 4 heterocycles. The summed E-state index contributed by atoms with van der Waals surface area (Å²) in [6.45, 7) is 7.65. The number of hydrogen-bond donors (Lipinski definition) is 6. The fourth-order valence-corrected chi connectivity index (χ4v) is 7.44. The quantitative estimate of drug-likeness (QED) is 0.121. The number of aromatic amines is 1. The summed E-state index contributed by atoms with van der Waals surface area (Å²) < 4.78 is 76.4. The van der Waals surface area contributed by atoms with Crippen LogP contribution in [0, 0.1) is 6.92 Å². The number of aryl methyl sites for hydroxylation is 1. The van der Waals surface area contributed by atoms with Gasteiger partial charge in [0, 0.05) is 50.2 Å². The van der Waals surface area contributed by atoms with Gasteiger partial charge in [-0.3, -0.25) is 14.5 Å². The van der Waals surface area contributed by atoms with E-state index in [1.165, 1.54) is 17.4 Å². The van der Waals surface area contributed by atoms with E-state index in [2.05, 4.69) is 20.2 Å². The average molecular weight is 868 g/mol. The number of thiazole rings is 2. The molecule has 4 aromatic rings. The number of H-pyrrole nitrogens is 1. The Kier molecular flexibility index (Phi) is 15.6. The Morgan fingerprint density at radius 3 is 2.31 bits per heavy atom. The second-order valence-corrected chi connectivity index (χ2v) is 15.0. The normalized spacial score (nSPS) is 16.2. The maximum Gasteiger partial charge on any atom is 0.490 e. The highest BCUT2D eigenvalue weighted by Crippen LogP contribution is 2.32. The molecule has 58 heavy (non-hydrogen) atoms. The van der Waals surface area contributed by atoms with Gasteiger partial charge in [-0.1, -0.05) is 29.5 Å². The van der Waals surface area contributed by atoms with E-state index in [0.717, 1.165) is 60.1 Å². The Morgan fingerprint density at radius 1 is 1.05 bits per heavy atom. The lowest BCUT2D eigenvalue weighted by Gasteiger charge is -2.47. The molecule has 2 saturated heterocycles. The van der Waals surface area contributed by atoms with Crippen LogP contribution >= 0.6 is 22.7 Å². The number of aliphatic carboxylic acids is 2. The van der Waals surface area contributed by atoms with Crippen molar-refractivity contribution in [1.29, 1.82) is 0 Å². The van der Waals surface area contributed by atoms with Crippen LogP contribution < -0.4 is 14.9 Å². The summed E-state index contributed by atoms with van der Waals surface area (Å²) >= 11 is 2.48. The molecule has 318 valence electrons. The van der Waals surface area contributed by atoms with Gasteiger partial charge in [0.05, 0.1) is 34.6 Å². The highest BCUT2D eigenvalue weighted by molar-refractivity contribution is 7.16. The number of amides is 1. The molecule has 2 fully saturated rings. The molecular formula is C35H39F6N5O10S2. The second kappa shape index (κ2) is 19.8. The highest BCUT2D eigenvalue weighted by atomic mass is 32.1. The van der Waals surface area contributed by atoms with Crippen molar-refractivity contribution >= 4 is 50.7 Å². The maximum absolute atomic E-state index is 13.0. The number of carbonyl (C=O) groups excluding carboxylic acids is 1. The number of likely N-dealkylation sites (tertiary alicyclic amines) is 1. The number of hydrogen-bond acceptors (Lipinski definition) is 13. The predicted octanol–water partition coefficient (Wildman–Crippen LogP) is 4.54. The monoisotopic (exact) mass is 867 g/mol. The molecule has 1 amide bonds. The first-order chi connectivity index (χ1) is 27.2. The lowest BCUT2D eigenvalue weighted by Crippen LogP contribution is -2.58. The number of carbonyl (C=O) groups is 3. The van der Waals surface area contributed by atoms with E-state index in [4.69, 9.17) is 29.3 Å². The van der Waals surface area contributed by atoms with Gasteiger partial charge in [0.2, 0.25) is 0 Å². The Morgan fingerprint density at radius 2 is 1.71 bits per heavy atom. The number of aromatic nitrogens is 2. The van der Waals surface area contributed by atoms with Gasteiger partial charge in [0.25, 0.3) is 5.91 Å². The Bertz CT molecular complexity index is 2060. The fraction of sp³-hybridized carbons (Fsp3) is 0.457. The first kappa shape index (κ1) is 45.9. The van der Waals surface area contributed by atoms with E-state index in [-0.39, 0.29) is 28.7 Å². The van der Waals surface area contributed by atoms with Crippen molar-refractivity contribution in [3.63, 3.8) is 0 Å². The molecule has 15 nitrogen and oxygen atoms in total. The van der Waals surface area contributed by atoms with E-state index in [0.29, 0.717) is 54.3 Å². The molecule has 1 spiro atoms. The Hall–Kier alpha value is -4.81. The summed E-state index contributed by atoms with van der Waals surface area (Å²) in [6, 6.07) is 11.0. The van der Waals surface area contributed by atoms with Crippen LogP contribution in [-0.2, 0) is 20.9 Å². The topological polar surface area (TPSA) is 215 Å². The summed E-state index contributed by atoms with van der Waals surface area (Å²) in [5.41, 5.74) is 2.22. The number of piperidine rings is 1. The minimum atomic E-state index is -5.08. The first-order valence-corrected chi connectivity index (χ1v) is 19.0. The molecule has 6 rings (SSSR count). The van der Waals surface area contributed by atoms with Gasteiger partial charge in [-0.2, -0.15) is 26.3 Å². The number of rotatable bonds is 10. The summed E-state index contributed by atoms with van der Waals surface area (Å²) in [6.07, 6.45) is -9.26. The van der Waals surface area contributed by atoms with Crippen molar-refractivity contribution in [2.24, 2.45) is 0 Å². The molecular weight excluding hydrogens is 829 g/mol. The van der Waals surface area contributed by atoms with Crippen LogP contribution in [0.1, 0.15) is 45.6 Å². The van der Waals surface area contributed by atoms with Gasteiger partial charge in [0.15, 0.2) is 0 Å². The number of alkyl halides is 6. The number of phenols is 1. The molecule has 0 radical (unpaired) electrons. The SMILES string of the molecule is Cc1nc(C(=O)N2CCOC3(CCN(CCOc4cccc(CNC[C@H](O)c5ccc(O)c6[nH]c(=O)sc56)c4)CC3)C2)cs1.O=C(O)C(F)(F)F.O=C(O)C(F)(F)F. The van der Waals surface area contributed by atoms with Crippen molar-refractivity contribution in [3.05, 3.63) is 73.3 Å². The smallest absolute Gasteiger partial charge is 0.490 e. The molecule has 2 aromatic heterocycles. The number of aliphatic hydroxyl groups is 1. The number of nitrogens with one attached hydrogen (secondary N) is 2. The summed E-state index contributed by atoms with van der Waals surface area (Å²) in [4.78, 5) is 53.5. The maximum atomic E-state index is 13.0. The van der Waals surface area contributed by atoms with Crippen LogP contribution in [0.25, 0.3) is 10.2 Å². The number of ether oxygens (including phenoxy) is 2. The minimum Gasteiger partial charge on any atom is -0.506 e. The van der Waals surface area contributed by atoms with Gasteiger partial charge >= 0.3 is 29.2 Å². The van der Waals surface area contributed by atoms with Crippen LogP contribution in [-0.4, -0.2) is 128 Å². The van der Waals surface area contributed by atoms with Gasteiger partial charge in [-0.05, 0) is 43.5 Å². The van der Waals surface area contributed by atoms with E-state index in [9.17, 15) is 46.1 Å². The van der Waals surface area contributed by atoms with E-state index >= 15 is 0 Å². The number of aromatic hydroxyl groups is 1. The molecule has 1 atom stereocenters. The van der Waals surface area contributed by atoms with Crippen LogP contribution in [0.4, 0.5) is 26.3 Å². The number of phenolic OH excluding ortho intramolecular Hbond substituents is 1. The third kappa shape index (κ3) is 13.1. The zero-order valence-electron chi connectivity index (χ0n) is 30.6. The molecule has 0 saturated carbocycles. The third-order valence-corrected chi connectivity index (χ3v) is 10.5. The Balaban J connectivity index is 0.000000456.